The molecule has 4 rings (SSSR count). The molecule has 1 aliphatic carbocycles. The van der Waals surface area contributed by atoms with Crippen LogP contribution < -0.4 is 10.1 Å². The van der Waals surface area contributed by atoms with Gasteiger partial charge in [-0.15, -0.1) is 0 Å². The average Bonchev–Trinajstić information content (AvgIpc) is 3.25. The van der Waals surface area contributed by atoms with Crippen molar-refractivity contribution in [3.05, 3.63) is 59.5 Å². The van der Waals surface area contributed by atoms with Gasteiger partial charge in [0.05, 0.1) is 5.69 Å². The fourth-order valence-electron chi connectivity index (χ4n) is 4.16. The molecule has 1 aliphatic heterocycles. The summed E-state index contributed by atoms with van der Waals surface area (Å²) in [5.74, 6) is 1.09. The largest absolute Gasteiger partial charge is 0.488 e. The second kappa shape index (κ2) is 7.78. The normalized spacial score (nSPS) is 21.8. The molecule has 0 radical (unpaired) electrons. The van der Waals surface area contributed by atoms with Gasteiger partial charge in [0.25, 0.3) is 0 Å². The predicted molar refractivity (Wildman–Crippen MR) is 120 cm³/mol. The van der Waals surface area contributed by atoms with Gasteiger partial charge in [0.15, 0.2) is 0 Å². The molecule has 2 aromatic heterocycles. The van der Waals surface area contributed by atoms with Crippen LogP contribution in [0.2, 0.25) is 0 Å². The highest BCUT2D eigenvalue weighted by Crippen LogP contribution is 2.32. The zero-order valence-electron chi connectivity index (χ0n) is 18.5. The summed E-state index contributed by atoms with van der Waals surface area (Å²) in [6, 6.07) is 4.15. The van der Waals surface area contributed by atoms with E-state index in [0.717, 1.165) is 34.5 Å². The summed E-state index contributed by atoms with van der Waals surface area (Å²) in [7, 11) is 0. The highest BCUT2D eigenvalue weighted by Gasteiger charge is 2.28. The van der Waals surface area contributed by atoms with Crippen LogP contribution in [0.25, 0.3) is 11.1 Å². The number of amides is 1. The number of carbonyl (C=O) groups excluding carboxylic acids is 1. The summed E-state index contributed by atoms with van der Waals surface area (Å²) in [5.41, 5.74) is 5.59. The van der Waals surface area contributed by atoms with Crippen molar-refractivity contribution in [2.45, 2.75) is 53.6 Å². The summed E-state index contributed by atoms with van der Waals surface area (Å²) in [4.78, 5) is 11.6. The number of aromatic nitrogens is 2. The Morgan fingerprint density at radius 3 is 2.83 bits per heavy atom. The number of fused-ring (bicyclic) bond motifs is 1. The van der Waals surface area contributed by atoms with Gasteiger partial charge in [-0.05, 0) is 49.0 Å². The number of nitrogens with one attached hydrogen (secondary N) is 1. The molecule has 0 aromatic carbocycles. The first-order chi connectivity index (χ1) is 14.2. The maximum atomic E-state index is 11.6. The second-order valence-electron chi connectivity index (χ2n) is 9.59. The second-order valence-corrected chi connectivity index (χ2v) is 9.59. The van der Waals surface area contributed by atoms with Crippen LogP contribution in [0.4, 0.5) is 0 Å². The van der Waals surface area contributed by atoms with Crippen LogP contribution in [0.1, 0.15) is 51.8 Å². The number of nitrogens with zero attached hydrogens (tertiary/aromatic N) is 2. The highest BCUT2D eigenvalue weighted by molar-refractivity contribution is 5.80. The van der Waals surface area contributed by atoms with Crippen molar-refractivity contribution in [2.75, 3.05) is 6.54 Å². The first-order valence-electron chi connectivity index (χ1n) is 10.7. The molecule has 0 saturated carbocycles. The molecule has 2 atom stereocenters. The summed E-state index contributed by atoms with van der Waals surface area (Å²) in [6.07, 6.45) is 12.4. The lowest BCUT2D eigenvalue weighted by Gasteiger charge is -2.21. The van der Waals surface area contributed by atoms with Crippen LogP contribution >= 0.6 is 0 Å². The van der Waals surface area contributed by atoms with E-state index >= 15 is 0 Å². The Bertz CT molecular complexity index is 1070. The minimum absolute atomic E-state index is 0.0644. The number of aryl methyl sites for hydroxylation is 1. The monoisotopic (exact) mass is 405 g/mol. The number of allylic oxidation sites excluding steroid dienone is 6. The van der Waals surface area contributed by atoms with E-state index < -0.39 is 0 Å². The topological polar surface area (TPSA) is 55.6 Å². The molecule has 5 heteroatoms. The molecule has 5 nitrogen and oxygen atoms in total. The van der Waals surface area contributed by atoms with Crippen molar-refractivity contribution in [1.29, 1.82) is 0 Å². The van der Waals surface area contributed by atoms with Crippen molar-refractivity contribution < 1.29 is 9.53 Å². The van der Waals surface area contributed by atoms with Crippen molar-refractivity contribution in [3.63, 3.8) is 0 Å². The summed E-state index contributed by atoms with van der Waals surface area (Å²) < 4.78 is 8.30. The van der Waals surface area contributed by atoms with E-state index in [9.17, 15) is 4.79 Å². The molecule has 0 spiro atoms. The van der Waals surface area contributed by atoms with Gasteiger partial charge in [0.1, 0.15) is 17.4 Å². The SMILES string of the molecule is Cc1cc2c(O[C@H](C)[C@H]3CNC(=O)C3)cc(C3=C/C(=C/C(C)(C)C)CC=C3)cn2n1. The van der Waals surface area contributed by atoms with E-state index in [-0.39, 0.29) is 23.3 Å². The van der Waals surface area contributed by atoms with E-state index in [2.05, 4.69) is 67.8 Å². The van der Waals surface area contributed by atoms with Gasteiger partial charge in [-0.25, -0.2) is 4.52 Å². The Hall–Kier alpha value is -2.82. The molecular weight excluding hydrogens is 374 g/mol. The Morgan fingerprint density at radius 1 is 1.33 bits per heavy atom. The van der Waals surface area contributed by atoms with Gasteiger partial charge in [0, 0.05) is 30.6 Å². The summed E-state index contributed by atoms with van der Waals surface area (Å²) in [5, 5.41) is 7.53. The Kier molecular flexibility index (Phi) is 5.31. The van der Waals surface area contributed by atoms with Crippen LogP contribution in [0, 0.1) is 18.3 Å². The maximum absolute atomic E-state index is 11.6. The maximum Gasteiger partial charge on any atom is 0.220 e. The molecule has 2 aliphatic rings. The molecule has 2 aromatic rings. The Morgan fingerprint density at radius 2 is 2.13 bits per heavy atom. The number of carbonyl (C=O) groups is 1. The number of pyridine rings is 1. The van der Waals surface area contributed by atoms with Gasteiger partial charge >= 0.3 is 0 Å². The minimum atomic E-state index is -0.0644. The van der Waals surface area contributed by atoms with Gasteiger partial charge in [-0.1, -0.05) is 45.1 Å². The zero-order valence-corrected chi connectivity index (χ0v) is 18.5. The first-order valence-corrected chi connectivity index (χ1v) is 10.7. The van der Waals surface area contributed by atoms with E-state index in [1.165, 1.54) is 5.57 Å². The Balaban J connectivity index is 1.70. The fraction of sp³-hybridized carbons (Fsp3) is 0.440. The quantitative estimate of drug-likeness (QED) is 0.790. The van der Waals surface area contributed by atoms with Crippen molar-refractivity contribution in [2.24, 2.45) is 11.3 Å². The summed E-state index contributed by atoms with van der Waals surface area (Å²) in [6.45, 7) is 11.4. The van der Waals surface area contributed by atoms with Crippen LogP contribution in [-0.4, -0.2) is 28.2 Å². The number of ether oxygens (including phenoxy) is 1. The third-order valence-corrected chi connectivity index (χ3v) is 5.59. The van der Waals surface area contributed by atoms with E-state index in [0.29, 0.717) is 13.0 Å². The smallest absolute Gasteiger partial charge is 0.220 e. The lowest BCUT2D eigenvalue weighted by atomic mass is 9.89. The van der Waals surface area contributed by atoms with Crippen molar-refractivity contribution >= 4 is 17.0 Å². The third kappa shape index (κ3) is 4.50. The molecule has 0 unspecified atom stereocenters. The van der Waals surface area contributed by atoms with E-state index in [1.54, 1.807) is 0 Å². The molecule has 3 heterocycles. The van der Waals surface area contributed by atoms with Gasteiger partial charge in [-0.2, -0.15) is 5.10 Å². The molecule has 1 fully saturated rings. The van der Waals surface area contributed by atoms with Crippen LogP contribution in [0.5, 0.6) is 5.75 Å². The third-order valence-electron chi connectivity index (χ3n) is 5.59. The lowest BCUT2D eigenvalue weighted by molar-refractivity contribution is -0.119. The summed E-state index contributed by atoms with van der Waals surface area (Å²) >= 11 is 0. The van der Waals surface area contributed by atoms with Crippen LogP contribution in [-0.2, 0) is 4.79 Å². The molecule has 30 heavy (non-hydrogen) atoms. The van der Waals surface area contributed by atoms with Gasteiger partial charge < -0.3 is 10.1 Å². The van der Waals surface area contributed by atoms with Crippen molar-refractivity contribution in [1.82, 2.24) is 14.9 Å². The molecule has 0 bridgehead atoms. The highest BCUT2D eigenvalue weighted by atomic mass is 16.5. The Labute approximate surface area is 178 Å². The zero-order chi connectivity index (χ0) is 21.5. The first kappa shape index (κ1) is 20.5. The minimum Gasteiger partial charge on any atom is -0.488 e. The number of hydrogen-bond acceptors (Lipinski definition) is 3. The van der Waals surface area contributed by atoms with E-state index in [4.69, 9.17) is 4.74 Å². The molecule has 1 N–H and O–H groups in total. The molecule has 1 amide bonds. The average molecular weight is 406 g/mol. The molecule has 158 valence electrons. The van der Waals surface area contributed by atoms with Gasteiger partial charge in [-0.3, -0.25) is 4.79 Å². The van der Waals surface area contributed by atoms with E-state index in [1.807, 2.05) is 24.4 Å². The number of hydrogen-bond donors (Lipinski definition) is 1. The molecular formula is C25H31N3O2. The predicted octanol–water partition coefficient (Wildman–Crippen LogP) is 4.86. The molecule has 1 saturated heterocycles. The lowest BCUT2D eigenvalue weighted by Crippen LogP contribution is -2.25. The van der Waals surface area contributed by atoms with Gasteiger partial charge in [0.2, 0.25) is 5.91 Å². The van der Waals surface area contributed by atoms with Crippen LogP contribution in [0.3, 0.4) is 0 Å². The standard InChI is InChI=1S/C25H31N3O2/c1-16-9-22-23(30-17(2)20-12-24(29)26-14-20)11-21(15-28(22)27-16)19-8-6-7-18(10-19)13-25(3,4)5/h6,8-11,13,15,17,20H,7,12,14H2,1-5H3,(H,26,29)/b18-13+/t17-,20-/m1/s1. The number of rotatable bonds is 4. The van der Waals surface area contributed by atoms with Crippen LogP contribution in [0.15, 0.2) is 48.2 Å². The fourth-order valence-corrected chi connectivity index (χ4v) is 4.16. The van der Waals surface area contributed by atoms with Crippen molar-refractivity contribution in [3.8, 4) is 5.75 Å².